The average molecular weight is 580 g/mol. The van der Waals surface area contributed by atoms with E-state index < -0.39 is 6.43 Å². The van der Waals surface area contributed by atoms with Gasteiger partial charge in [0.1, 0.15) is 11.6 Å². The van der Waals surface area contributed by atoms with Crippen molar-refractivity contribution in [3.63, 3.8) is 0 Å². The van der Waals surface area contributed by atoms with Crippen LogP contribution < -0.4 is 10.2 Å². The standard InChI is InChI=1S/C31H39F2N7O2/c1-3-4-13-39(20-22(2)21-41)24-11-9-23(10-12-24)19-34-31-36-27(38-14-16-42-17-15-38)18-28(37-31)40-26-8-6-5-7-25(26)35-30(40)29(32)33/h5-8,18,21,23-24,29,41H,9-17,19-20H2,1-2H3,(H,34,36,37)/b22-21+/t23-,24-. The molecule has 1 aromatic carbocycles. The molecule has 0 spiro atoms. The van der Waals surface area contributed by atoms with Gasteiger partial charge in [-0.3, -0.25) is 9.47 Å². The van der Waals surface area contributed by atoms with Gasteiger partial charge in [-0.2, -0.15) is 9.97 Å². The van der Waals surface area contributed by atoms with Crippen LogP contribution >= 0.6 is 0 Å². The fourth-order valence-electron chi connectivity index (χ4n) is 5.81. The number of hydrogen-bond acceptors (Lipinski definition) is 8. The molecule has 9 nitrogen and oxygen atoms in total. The molecule has 1 aliphatic heterocycles. The highest BCUT2D eigenvalue weighted by atomic mass is 19.3. The van der Waals surface area contributed by atoms with E-state index in [-0.39, 0.29) is 5.82 Å². The minimum atomic E-state index is -2.76. The number of ether oxygens (including phenoxy) is 1. The van der Waals surface area contributed by atoms with E-state index in [1.165, 1.54) is 10.8 Å². The summed E-state index contributed by atoms with van der Waals surface area (Å²) in [6.45, 7) is 8.34. The third-order valence-corrected chi connectivity index (χ3v) is 8.06. The number of anilines is 2. The number of benzene rings is 1. The molecule has 5 rings (SSSR count). The van der Waals surface area contributed by atoms with E-state index in [1.807, 2.05) is 19.9 Å². The summed E-state index contributed by atoms with van der Waals surface area (Å²) in [5, 5.41) is 12.8. The van der Waals surface area contributed by atoms with Crippen LogP contribution in [0.4, 0.5) is 20.5 Å². The van der Waals surface area contributed by atoms with E-state index >= 15 is 0 Å². The molecule has 0 atom stereocenters. The van der Waals surface area contributed by atoms with Crippen LogP contribution in [-0.4, -0.2) is 81.5 Å². The number of alkyl halides is 2. The molecule has 3 aromatic rings. The van der Waals surface area contributed by atoms with Crippen molar-refractivity contribution >= 4 is 22.8 Å². The molecule has 42 heavy (non-hydrogen) atoms. The first-order valence-electron chi connectivity index (χ1n) is 14.6. The number of fused-ring (bicyclic) bond motifs is 1. The molecule has 11 heteroatoms. The van der Waals surface area contributed by atoms with Crippen LogP contribution in [0.25, 0.3) is 16.9 Å². The lowest BCUT2D eigenvalue weighted by Crippen LogP contribution is -2.40. The Morgan fingerprint density at radius 3 is 2.60 bits per heavy atom. The lowest BCUT2D eigenvalue weighted by Gasteiger charge is -2.36. The van der Waals surface area contributed by atoms with Crippen LogP contribution in [0.2, 0.25) is 0 Å². The Morgan fingerprint density at radius 2 is 1.88 bits per heavy atom. The highest BCUT2D eigenvalue weighted by Gasteiger charge is 2.27. The normalized spacial score (nSPS) is 19.8. The van der Waals surface area contributed by atoms with Crippen LogP contribution in [0, 0.1) is 17.8 Å². The quantitative estimate of drug-likeness (QED) is 0.246. The summed E-state index contributed by atoms with van der Waals surface area (Å²) < 4.78 is 35.3. The molecule has 3 heterocycles. The number of hydrogen-bond donors (Lipinski definition) is 2. The summed E-state index contributed by atoms with van der Waals surface area (Å²) in [6, 6.07) is 9.28. The van der Waals surface area contributed by atoms with Crippen LogP contribution in [-0.2, 0) is 4.74 Å². The van der Waals surface area contributed by atoms with Gasteiger partial charge in [0.2, 0.25) is 5.95 Å². The second-order valence-electron chi connectivity index (χ2n) is 11.0. The molecule has 0 unspecified atom stereocenters. The Kier molecular flexibility index (Phi) is 9.87. The highest BCUT2D eigenvalue weighted by molar-refractivity contribution is 5.78. The maximum absolute atomic E-state index is 14.1. The van der Waals surface area contributed by atoms with E-state index in [2.05, 4.69) is 31.9 Å². The second kappa shape index (κ2) is 13.9. The molecule has 2 aliphatic rings. The minimum absolute atomic E-state index is 0.337. The fraction of sp³-hybridized carbons (Fsp3) is 0.516. The van der Waals surface area contributed by atoms with Crippen molar-refractivity contribution in [2.75, 3.05) is 56.2 Å². The summed E-state index contributed by atoms with van der Waals surface area (Å²) >= 11 is 0. The topological polar surface area (TPSA) is 91.6 Å². The van der Waals surface area contributed by atoms with E-state index in [1.54, 1.807) is 24.3 Å². The summed E-state index contributed by atoms with van der Waals surface area (Å²) in [6.07, 6.45) is 2.56. The molecule has 0 amide bonds. The van der Waals surface area contributed by atoms with Gasteiger partial charge in [-0.1, -0.05) is 18.1 Å². The van der Waals surface area contributed by atoms with Gasteiger partial charge < -0.3 is 20.1 Å². The van der Waals surface area contributed by atoms with Crippen molar-refractivity contribution in [1.29, 1.82) is 0 Å². The van der Waals surface area contributed by atoms with Gasteiger partial charge in [0.05, 0.1) is 37.1 Å². The lowest BCUT2D eigenvalue weighted by molar-refractivity contribution is 0.122. The molecule has 2 aromatic heterocycles. The molecular formula is C31H39F2N7O2. The van der Waals surface area contributed by atoms with Gasteiger partial charge in [-0.25, -0.2) is 13.8 Å². The first-order chi connectivity index (χ1) is 20.5. The van der Waals surface area contributed by atoms with Crippen molar-refractivity contribution in [2.45, 2.75) is 52.0 Å². The zero-order valence-electron chi connectivity index (χ0n) is 24.3. The number of aliphatic hydroxyl groups excluding tert-OH is 1. The lowest BCUT2D eigenvalue weighted by atomic mass is 9.85. The third kappa shape index (κ3) is 6.99. The van der Waals surface area contributed by atoms with Crippen LogP contribution in [0.5, 0.6) is 0 Å². The number of aliphatic hydroxyl groups is 1. The van der Waals surface area contributed by atoms with Crippen molar-refractivity contribution in [2.24, 2.45) is 5.92 Å². The molecule has 0 bridgehead atoms. The van der Waals surface area contributed by atoms with Gasteiger partial charge in [0.25, 0.3) is 6.43 Å². The van der Waals surface area contributed by atoms with Crippen molar-refractivity contribution in [3.05, 3.63) is 48.0 Å². The van der Waals surface area contributed by atoms with Gasteiger partial charge in [0, 0.05) is 38.3 Å². The first-order valence-corrected chi connectivity index (χ1v) is 14.6. The van der Waals surface area contributed by atoms with Gasteiger partial charge in [0.15, 0.2) is 5.82 Å². The molecule has 1 saturated carbocycles. The monoisotopic (exact) mass is 579 g/mol. The summed E-state index contributed by atoms with van der Waals surface area (Å²) in [4.78, 5) is 18.2. The summed E-state index contributed by atoms with van der Waals surface area (Å²) in [5.74, 6) is 7.70. The number of imidazole rings is 1. The molecule has 2 fully saturated rings. The maximum Gasteiger partial charge on any atom is 0.296 e. The Bertz CT molecular complexity index is 1430. The van der Waals surface area contributed by atoms with E-state index in [0.29, 0.717) is 86.5 Å². The SMILES string of the molecule is CC#CCN(C/C(C)=C/O)[C@H]1CC[C@H](CNc2nc(N3CCOCC3)cc(-n3c(C(F)F)nc4ccccc43)n2)CC1. The number of rotatable bonds is 10. The van der Waals surface area contributed by atoms with Crippen LogP contribution in [0.15, 0.2) is 42.2 Å². The Balaban J connectivity index is 1.34. The summed E-state index contributed by atoms with van der Waals surface area (Å²) in [5.41, 5.74) is 1.99. The Morgan fingerprint density at radius 1 is 1.14 bits per heavy atom. The van der Waals surface area contributed by atoms with Gasteiger partial charge in [-0.15, -0.1) is 5.92 Å². The second-order valence-corrected chi connectivity index (χ2v) is 11.0. The van der Waals surface area contributed by atoms with Crippen molar-refractivity contribution < 1.29 is 18.6 Å². The summed E-state index contributed by atoms with van der Waals surface area (Å²) in [7, 11) is 0. The number of para-hydroxylation sites is 2. The molecule has 1 aliphatic carbocycles. The van der Waals surface area contributed by atoms with E-state index in [4.69, 9.17) is 14.7 Å². The Labute approximate surface area is 245 Å². The molecule has 224 valence electrons. The Hall–Kier alpha value is -3.75. The van der Waals surface area contributed by atoms with Crippen molar-refractivity contribution in [3.8, 4) is 17.7 Å². The van der Waals surface area contributed by atoms with Gasteiger partial charge >= 0.3 is 0 Å². The zero-order valence-corrected chi connectivity index (χ0v) is 24.3. The van der Waals surface area contributed by atoms with Crippen molar-refractivity contribution in [1.82, 2.24) is 24.4 Å². The number of nitrogens with one attached hydrogen (secondary N) is 1. The van der Waals surface area contributed by atoms with E-state index in [0.717, 1.165) is 31.3 Å². The molecular weight excluding hydrogens is 540 g/mol. The first kappa shape index (κ1) is 29.7. The maximum atomic E-state index is 14.1. The number of aromatic nitrogens is 4. The number of nitrogens with zero attached hydrogens (tertiary/aromatic N) is 6. The van der Waals surface area contributed by atoms with Crippen LogP contribution in [0.3, 0.4) is 0 Å². The third-order valence-electron chi connectivity index (χ3n) is 8.06. The average Bonchev–Trinajstić information content (AvgIpc) is 3.43. The molecule has 1 saturated heterocycles. The highest BCUT2D eigenvalue weighted by Crippen LogP contribution is 2.31. The largest absolute Gasteiger partial charge is 0.516 e. The zero-order chi connectivity index (χ0) is 29.5. The number of halogens is 2. The predicted molar refractivity (Wildman–Crippen MR) is 160 cm³/mol. The number of morpholine rings is 1. The van der Waals surface area contributed by atoms with Gasteiger partial charge in [-0.05, 0) is 63.2 Å². The molecule has 2 N–H and O–H groups in total. The smallest absolute Gasteiger partial charge is 0.296 e. The fourth-order valence-corrected chi connectivity index (χ4v) is 5.81. The predicted octanol–water partition coefficient (Wildman–Crippen LogP) is 5.35. The van der Waals surface area contributed by atoms with Crippen LogP contribution in [0.1, 0.15) is 51.8 Å². The molecule has 0 radical (unpaired) electrons. The van der Waals surface area contributed by atoms with E-state index in [9.17, 15) is 13.9 Å². The minimum Gasteiger partial charge on any atom is -0.516 e.